The van der Waals surface area contributed by atoms with Crippen molar-refractivity contribution in [1.29, 1.82) is 0 Å². The van der Waals surface area contributed by atoms with E-state index in [9.17, 15) is 18.0 Å². The van der Waals surface area contributed by atoms with Crippen LogP contribution in [-0.2, 0) is 35.0 Å². The lowest BCUT2D eigenvalue weighted by Crippen LogP contribution is -2.37. The van der Waals surface area contributed by atoms with E-state index in [1.54, 1.807) is 25.4 Å². The normalized spacial score (nSPS) is 14.0. The lowest BCUT2D eigenvalue weighted by Gasteiger charge is -2.15. The molecule has 0 aliphatic carbocycles. The Morgan fingerprint density at radius 1 is 1.42 bits per heavy atom. The minimum atomic E-state index is -3.69. The summed E-state index contributed by atoms with van der Waals surface area (Å²) in [5.41, 5.74) is 0.884. The quantitative estimate of drug-likeness (QED) is 0.817. The fraction of sp³-hybridized carbons (Fsp3) is 0.357. The molecule has 1 amide bonds. The van der Waals surface area contributed by atoms with Gasteiger partial charge in [-0.05, 0) is 18.4 Å². The Kier molecular flexibility index (Phi) is 4.28. The summed E-state index contributed by atoms with van der Waals surface area (Å²) in [6.45, 7) is 1.73. The van der Waals surface area contributed by atoms with Crippen LogP contribution < -0.4 is 10.3 Å². The fourth-order valence-corrected chi connectivity index (χ4v) is 4.47. The second kappa shape index (κ2) is 6.11. The number of aryl methyl sites for hydroxylation is 1. The van der Waals surface area contributed by atoms with E-state index in [-0.39, 0.29) is 29.4 Å². The number of thiophene rings is 1. The van der Waals surface area contributed by atoms with Crippen LogP contribution in [0.4, 0.5) is 0 Å². The third-order valence-electron chi connectivity index (χ3n) is 3.91. The lowest BCUT2D eigenvalue weighted by atomic mass is 10.2. The predicted molar refractivity (Wildman–Crippen MR) is 88.0 cm³/mol. The van der Waals surface area contributed by atoms with E-state index >= 15 is 0 Å². The van der Waals surface area contributed by atoms with E-state index in [2.05, 4.69) is 9.71 Å². The number of amides is 1. The summed E-state index contributed by atoms with van der Waals surface area (Å²) in [6.07, 6.45) is 0. The molecule has 3 heterocycles. The average molecular weight is 368 g/mol. The number of carbonyl (C=O) groups is 1. The summed E-state index contributed by atoms with van der Waals surface area (Å²) in [7, 11) is -2.06. The van der Waals surface area contributed by atoms with E-state index in [0.29, 0.717) is 17.1 Å². The van der Waals surface area contributed by atoms with Crippen molar-refractivity contribution in [3.05, 3.63) is 44.9 Å². The molecule has 1 N–H and O–H groups in total. The van der Waals surface area contributed by atoms with Gasteiger partial charge in [-0.2, -0.15) is 0 Å². The molecule has 24 heavy (non-hydrogen) atoms. The SMILES string of the molecule is Cc1nc2c(c(=O)n1C)CN(C(=O)CNS(=O)(=O)c1cccs1)C2. The zero-order valence-electron chi connectivity index (χ0n) is 13.1. The van der Waals surface area contributed by atoms with Crippen LogP contribution in [0.1, 0.15) is 17.1 Å². The highest BCUT2D eigenvalue weighted by atomic mass is 32.2. The van der Waals surface area contributed by atoms with Gasteiger partial charge in [0.2, 0.25) is 5.91 Å². The Morgan fingerprint density at radius 3 is 2.83 bits per heavy atom. The van der Waals surface area contributed by atoms with Crippen LogP contribution in [0.25, 0.3) is 0 Å². The Balaban J connectivity index is 1.70. The van der Waals surface area contributed by atoms with Gasteiger partial charge in [-0.15, -0.1) is 11.3 Å². The molecule has 10 heteroatoms. The van der Waals surface area contributed by atoms with E-state index in [1.807, 2.05) is 0 Å². The van der Waals surface area contributed by atoms with Gasteiger partial charge in [0, 0.05) is 7.05 Å². The maximum atomic E-state index is 12.3. The van der Waals surface area contributed by atoms with Crippen molar-refractivity contribution in [3.8, 4) is 0 Å². The number of hydrogen-bond donors (Lipinski definition) is 1. The number of carbonyl (C=O) groups excluding carboxylic acids is 1. The van der Waals surface area contributed by atoms with Gasteiger partial charge >= 0.3 is 0 Å². The summed E-state index contributed by atoms with van der Waals surface area (Å²) < 4.78 is 28.0. The molecule has 1 aliphatic heterocycles. The van der Waals surface area contributed by atoms with Gasteiger partial charge in [-0.1, -0.05) is 6.07 Å². The zero-order valence-corrected chi connectivity index (χ0v) is 14.8. The molecule has 0 radical (unpaired) electrons. The fourth-order valence-electron chi connectivity index (χ4n) is 2.46. The molecule has 0 aromatic carbocycles. The summed E-state index contributed by atoms with van der Waals surface area (Å²) in [4.78, 5) is 30.2. The smallest absolute Gasteiger partial charge is 0.258 e. The number of sulfonamides is 1. The second-order valence-corrected chi connectivity index (χ2v) is 8.40. The molecule has 0 spiro atoms. The van der Waals surface area contributed by atoms with Crippen molar-refractivity contribution >= 4 is 27.3 Å². The van der Waals surface area contributed by atoms with E-state index in [4.69, 9.17) is 0 Å². The van der Waals surface area contributed by atoms with Crippen LogP contribution in [-0.4, -0.2) is 35.3 Å². The molecule has 0 saturated carbocycles. The number of nitrogens with zero attached hydrogens (tertiary/aromatic N) is 3. The number of aromatic nitrogens is 2. The largest absolute Gasteiger partial charge is 0.331 e. The molecular weight excluding hydrogens is 352 g/mol. The molecule has 0 atom stereocenters. The molecular formula is C14H16N4O4S2. The van der Waals surface area contributed by atoms with Crippen molar-refractivity contribution in [2.45, 2.75) is 24.2 Å². The summed E-state index contributed by atoms with van der Waals surface area (Å²) >= 11 is 1.08. The monoisotopic (exact) mass is 368 g/mol. The number of fused-ring (bicyclic) bond motifs is 1. The number of nitrogens with one attached hydrogen (secondary N) is 1. The van der Waals surface area contributed by atoms with Crippen molar-refractivity contribution in [2.75, 3.05) is 6.54 Å². The molecule has 2 aromatic heterocycles. The Hall–Kier alpha value is -2.04. The topological polar surface area (TPSA) is 101 Å². The van der Waals surface area contributed by atoms with E-state index in [0.717, 1.165) is 11.3 Å². The average Bonchev–Trinajstić information content (AvgIpc) is 3.20. The van der Waals surface area contributed by atoms with Crippen LogP contribution >= 0.6 is 11.3 Å². The predicted octanol–water partition coefficient (Wildman–Crippen LogP) is -0.0291. The van der Waals surface area contributed by atoms with Crippen LogP contribution in [0.3, 0.4) is 0 Å². The molecule has 0 fully saturated rings. The lowest BCUT2D eigenvalue weighted by molar-refractivity contribution is -0.130. The summed E-state index contributed by atoms with van der Waals surface area (Å²) in [5.74, 6) is 0.180. The first-order valence-electron chi connectivity index (χ1n) is 7.16. The number of hydrogen-bond acceptors (Lipinski definition) is 6. The first-order chi connectivity index (χ1) is 11.3. The third kappa shape index (κ3) is 2.99. The first kappa shape index (κ1) is 16.8. The van der Waals surface area contributed by atoms with Crippen LogP contribution in [0.2, 0.25) is 0 Å². The molecule has 2 aromatic rings. The van der Waals surface area contributed by atoms with E-state index < -0.39 is 15.9 Å². The molecule has 0 bridgehead atoms. The van der Waals surface area contributed by atoms with Crippen molar-refractivity contribution < 1.29 is 13.2 Å². The molecule has 8 nitrogen and oxygen atoms in total. The van der Waals surface area contributed by atoms with Crippen molar-refractivity contribution in [2.24, 2.45) is 7.05 Å². The minimum absolute atomic E-state index is 0.148. The van der Waals surface area contributed by atoms with Gasteiger partial charge in [-0.3, -0.25) is 14.2 Å². The van der Waals surface area contributed by atoms with Crippen LogP contribution in [0.5, 0.6) is 0 Å². The molecule has 128 valence electrons. The highest BCUT2D eigenvalue weighted by molar-refractivity contribution is 7.91. The Bertz CT molecular complexity index is 948. The van der Waals surface area contributed by atoms with Gasteiger partial charge in [0.1, 0.15) is 10.0 Å². The second-order valence-electron chi connectivity index (χ2n) is 5.45. The highest BCUT2D eigenvalue weighted by Crippen LogP contribution is 2.19. The van der Waals surface area contributed by atoms with Gasteiger partial charge < -0.3 is 4.90 Å². The van der Waals surface area contributed by atoms with E-state index in [1.165, 1.54) is 15.5 Å². The van der Waals surface area contributed by atoms with Gasteiger partial charge in [0.15, 0.2) is 0 Å². The summed E-state index contributed by atoms with van der Waals surface area (Å²) in [5, 5.41) is 1.65. The first-order valence-corrected chi connectivity index (χ1v) is 9.52. The van der Waals surface area contributed by atoms with Crippen LogP contribution in [0.15, 0.2) is 26.5 Å². The Labute approximate surface area is 142 Å². The molecule has 0 saturated heterocycles. The molecule has 1 aliphatic rings. The maximum Gasteiger partial charge on any atom is 0.258 e. The number of rotatable bonds is 4. The third-order valence-corrected chi connectivity index (χ3v) is 6.71. The van der Waals surface area contributed by atoms with Crippen molar-refractivity contribution in [3.63, 3.8) is 0 Å². The van der Waals surface area contributed by atoms with Crippen molar-refractivity contribution in [1.82, 2.24) is 19.2 Å². The molecule has 3 rings (SSSR count). The van der Waals surface area contributed by atoms with Gasteiger partial charge in [0.25, 0.3) is 15.6 Å². The van der Waals surface area contributed by atoms with Gasteiger partial charge in [0.05, 0.1) is 30.9 Å². The zero-order chi connectivity index (χ0) is 17.5. The van der Waals surface area contributed by atoms with Gasteiger partial charge in [-0.25, -0.2) is 18.1 Å². The highest BCUT2D eigenvalue weighted by Gasteiger charge is 2.28. The maximum absolute atomic E-state index is 12.3. The Morgan fingerprint density at radius 2 is 2.17 bits per heavy atom. The molecule has 0 unspecified atom stereocenters. The summed E-state index contributed by atoms with van der Waals surface area (Å²) in [6, 6.07) is 3.10. The standard InChI is InChI=1S/C14H16N4O4S2/c1-9-16-11-8-18(7-10(11)14(20)17(9)2)12(19)6-15-24(21,22)13-4-3-5-23-13/h3-5,15H,6-8H2,1-2H3. The minimum Gasteiger partial charge on any atom is -0.331 e. The van der Waals surface area contributed by atoms with Crippen LogP contribution in [0, 0.1) is 6.92 Å².